The zero-order valence-electron chi connectivity index (χ0n) is 10.0. The molecule has 0 aliphatic heterocycles. The van der Waals surface area contributed by atoms with Gasteiger partial charge in [0.25, 0.3) is 0 Å². The summed E-state index contributed by atoms with van der Waals surface area (Å²) in [6.07, 6.45) is 0. The maximum absolute atomic E-state index is 10.8. The predicted molar refractivity (Wildman–Crippen MR) is 68.2 cm³/mol. The van der Waals surface area contributed by atoms with Crippen LogP contribution in [0.25, 0.3) is 0 Å². The molecule has 0 spiro atoms. The standard InChI is InChI=1S/C13H9NO6/c15-11-7-8(5-6-9(11)13(16)17)20-12-4-2-1-3-10(12)14(18)19/h1-7,15H,(H,16,17). The number of benzene rings is 2. The number of aromatic hydroxyl groups is 1. The van der Waals surface area contributed by atoms with E-state index in [2.05, 4.69) is 0 Å². The lowest BCUT2D eigenvalue weighted by Crippen LogP contribution is -1.97. The third kappa shape index (κ3) is 2.66. The van der Waals surface area contributed by atoms with Crippen molar-refractivity contribution in [1.82, 2.24) is 0 Å². The normalized spacial score (nSPS) is 10.0. The van der Waals surface area contributed by atoms with Crippen LogP contribution in [0.4, 0.5) is 5.69 Å². The SMILES string of the molecule is O=C(O)c1ccc(Oc2ccccc2[N+](=O)[O-])cc1O. The molecular formula is C13H9NO6. The summed E-state index contributed by atoms with van der Waals surface area (Å²) in [5.74, 6) is -1.66. The van der Waals surface area contributed by atoms with Crippen molar-refractivity contribution < 1.29 is 24.7 Å². The molecule has 0 heterocycles. The monoisotopic (exact) mass is 275 g/mol. The van der Waals surface area contributed by atoms with Crippen LogP contribution in [0, 0.1) is 10.1 Å². The minimum atomic E-state index is -1.28. The fourth-order valence-corrected chi connectivity index (χ4v) is 1.58. The Morgan fingerprint density at radius 2 is 1.90 bits per heavy atom. The molecule has 20 heavy (non-hydrogen) atoms. The van der Waals surface area contributed by atoms with Crippen molar-refractivity contribution in [3.8, 4) is 17.2 Å². The highest BCUT2D eigenvalue weighted by molar-refractivity contribution is 5.90. The van der Waals surface area contributed by atoms with Gasteiger partial charge in [-0.3, -0.25) is 10.1 Å². The van der Waals surface area contributed by atoms with Crippen molar-refractivity contribution >= 4 is 11.7 Å². The average molecular weight is 275 g/mol. The summed E-state index contributed by atoms with van der Waals surface area (Å²) in [6.45, 7) is 0. The molecule has 0 aliphatic rings. The number of para-hydroxylation sites is 2. The van der Waals surface area contributed by atoms with Crippen molar-refractivity contribution in [2.75, 3.05) is 0 Å². The number of ether oxygens (including phenoxy) is 1. The van der Waals surface area contributed by atoms with Crippen LogP contribution in [0.5, 0.6) is 17.2 Å². The van der Waals surface area contributed by atoms with Crippen LogP contribution >= 0.6 is 0 Å². The van der Waals surface area contributed by atoms with E-state index in [4.69, 9.17) is 9.84 Å². The Balaban J connectivity index is 2.34. The number of aromatic carboxylic acids is 1. The number of carboxylic acid groups (broad SMARTS) is 1. The highest BCUT2D eigenvalue weighted by Gasteiger charge is 2.16. The molecule has 0 saturated carbocycles. The van der Waals surface area contributed by atoms with E-state index in [0.29, 0.717) is 0 Å². The lowest BCUT2D eigenvalue weighted by atomic mass is 10.2. The second-order valence-corrected chi connectivity index (χ2v) is 3.81. The van der Waals surface area contributed by atoms with Gasteiger partial charge in [-0.15, -0.1) is 0 Å². The average Bonchev–Trinajstić information content (AvgIpc) is 2.38. The number of carboxylic acids is 1. The van der Waals surface area contributed by atoms with Gasteiger partial charge in [-0.25, -0.2) is 4.79 Å². The van der Waals surface area contributed by atoms with Gasteiger partial charge in [-0.2, -0.15) is 0 Å². The molecule has 102 valence electrons. The number of carbonyl (C=O) groups is 1. The molecule has 2 rings (SSSR count). The van der Waals surface area contributed by atoms with E-state index in [0.717, 1.165) is 12.1 Å². The van der Waals surface area contributed by atoms with E-state index < -0.39 is 16.6 Å². The van der Waals surface area contributed by atoms with Gasteiger partial charge in [0.15, 0.2) is 0 Å². The van der Waals surface area contributed by atoms with Gasteiger partial charge in [0.2, 0.25) is 5.75 Å². The van der Waals surface area contributed by atoms with Gasteiger partial charge in [0, 0.05) is 12.1 Å². The van der Waals surface area contributed by atoms with Gasteiger partial charge in [-0.1, -0.05) is 12.1 Å². The Morgan fingerprint density at radius 3 is 2.50 bits per heavy atom. The van der Waals surface area contributed by atoms with Gasteiger partial charge in [0.1, 0.15) is 17.1 Å². The van der Waals surface area contributed by atoms with Crippen molar-refractivity contribution in [1.29, 1.82) is 0 Å². The molecule has 0 unspecified atom stereocenters. The summed E-state index contributed by atoms with van der Waals surface area (Å²) in [5.41, 5.74) is -0.505. The highest BCUT2D eigenvalue weighted by atomic mass is 16.6. The Labute approximate surface area is 112 Å². The van der Waals surface area contributed by atoms with Crippen LogP contribution in [0.15, 0.2) is 42.5 Å². The first-order valence-electron chi connectivity index (χ1n) is 5.46. The summed E-state index contributed by atoms with van der Waals surface area (Å²) in [6, 6.07) is 9.28. The van der Waals surface area contributed by atoms with Crippen molar-refractivity contribution in [2.24, 2.45) is 0 Å². The largest absolute Gasteiger partial charge is 0.507 e. The lowest BCUT2D eigenvalue weighted by Gasteiger charge is -2.07. The first-order valence-corrected chi connectivity index (χ1v) is 5.46. The summed E-state index contributed by atoms with van der Waals surface area (Å²) in [4.78, 5) is 21.0. The molecule has 0 aliphatic carbocycles. The van der Waals surface area contributed by atoms with E-state index in [1.165, 1.54) is 24.3 Å². The van der Waals surface area contributed by atoms with Gasteiger partial charge in [0.05, 0.1) is 4.92 Å². The van der Waals surface area contributed by atoms with Gasteiger partial charge < -0.3 is 14.9 Å². The molecule has 0 saturated heterocycles. The first kappa shape index (κ1) is 13.3. The summed E-state index contributed by atoms with van der Waals surface area (Å²) in [7, 11) is 0. The molecular weight excluding hydrogens is 266 g/mol. The van der Waals surface area contributed by atoms with Crippen LogP contribution in [0.1, 0.15) is 10.4 Å². The molecule has 0 atom stereocenters. The number of hydrogen-bond acceptors (Lipinski definition) is 5. The minimum absolute atomic E-state index is 0.0000231. The number of nitrogens with zero attached hydrogens (tertiary/aromatic N) is 1. The van der Waals surface area contributed by atoms with Gasteiger partial charge in [-0.05, 0) is 18.2 Å². The molecule has 2 aromatic rings. The third-order valence-corrected chi connectivity index (χ3v) is 2.49. The number of rotatable bonds is 4. The Morgan fingerprint density at radius 1 is 1.20 bits per heavy atom. The maximum atomic E-state index is 10.8. The second-order valence-electron chi connectivity index (χ2n) is 3.81. The van der Waals surface area contributed by atoms with E-state index in [-0.39, 0.29) is 22.7 Å². The van der Waals surface area contributed by atoms with Crippen molar-refractivity contribution in [3.05, 3.63) is 58.1 Å². The van der Waals surface area contributed by atoms with E-state index >= 15 is 0 Å². The number of phenols is 1. The van der Waals surface area contributed by atoms with Crippen LogP contribution in [-0.2, 0) is 0 Å². The van der Waals surface area contributed by atoms with E-state index in [9.17, 15) is 20.0 Å². The zero-order chi connectivity index (χ0) is 14.7. The van der Waals surface area contributed by atoms with Crippen LogP contribution in [-0.4, -0.2) is 21.1 Å². The fourth-order valence-electron chi connectivity index (χ4n) is 1.58. The first-order chi connectivity index (χ1) is 9.49. The van der Waals surface area contributed by atoms with Crippen molar-refractivity contribution in [2.45, 2.75) is 0 Å². The molecule has 0 aromatic heterocycles. The summed E-state index contributed by atoms with van der Waals surface area (Å²) < 4.78 is 5.29. The molecule has 2 N–H and O–H groups in total. The molecule has 7 nitrogen and oxygen atoms in total. The predicted octanol–water partition coefficient (Wildman–Crippen LogP) is 2.79. The van der Waals surface area contributed by atoms with Crippen molar-refractivity contribution in [3.63, 3.8) is 0 Å². The molecule has 0 fully saturated rings. The third-order valence-electron chi connectivity index (χ3n) is 2.49. The van der Waals surface area contributed by atoms with E-state index in [1.54, 1.807) is 6.07 Å². The Kier molecular flexibility index (Phi) is 3.52. The van der Waals surface area contributed by atoms with Crippen LogP contribution < -0.4 is 4.74 Å². The topological polar surface area (TPSA) is 110 Å². The van der Waals surface area contributed by atoms with Gasteiger partial charge >= 0.3 is 11.7 Å². The fraction of sp³-hybridized carbons (Fsp3) is 0. The van der Waals surface area contributed by atoms with E-state index in [1.807, 2.05) is 0 Å². The maximum Gasteiger partial charge on any atom is 0.339 e. The Hall–Kier alpha value is -3.09. The van der Waals surface area contributed by atoms with Crippen LogP contribution in [0.2, 0.25) is 0 Å². The smallest absolute Gasteiger partial charge is 0.339 e. The molecule has 0 amide bonds. The second kappa shape index (κ2) is 5.27. The number of nitro groups is 1. The molecule has 0 bridgehead atoms. The molecule has 0 radical (unpaired) electrons. The summed E-state index contributed by atoms with van der Waals surface area (Å²) >= 11 is 0. The summed E-state index contributed by atoms with van der Waals surface area (Å²) in [5, 5.41) is 29.1. The van der Waals surface area contributed by atoms with Crippen LogP contribution in [0.3, 0.4) is 0 Å². The Bertz CT molecular complexity index is 682. The lowest BCUT2D eigenvalue weighted by molar-refractivity contribution is -0.385. The minimum Gasteiger partial charge on any atom is -0.507 e. The quantitative estimate of drug-likeness (QED) is 0.655. The number of nitro benzene ring substituents is 1. The highest BCUT2D eigenvalue weighted by Crippen LogP contribution is 2.33. The molecule has 2 aromatic carbocycles. The molecule has 7 heteroatoms. The number of hydrogen-bond donors (Lipinski definition) is 2. The zero-order valence-corrected chi connectivity index (χ0v) is 10.0.